The summed E-state index contributed by atoms with van der Waals surface area (Å²) in [5, 5.41) is 12.8. The standard InChI is InChI=1S/C12H6ClF3N2O2/c13-7-4-12(18(19)20)9(16)5-11(7)17-10-2-1-6(14)3-8(10)15/h1-5,17H. The predicted octanol–water partition coefficient (Wildman–Crippen LogP) is 4.41. The number of anilines is 2. The average molecular weight is 303 g/mol. The summed E-state index contributed by atoms with van der Waals surface area (Å²) in [5.74, 6) is -2.79. The highest BCUT2D eigenvalue weighted by molar-refractivity contribution is 6.33. The van der Waals surface area contributed by atoms with Gasteiger partial charge in [0.1, 0.15) is 11.6 Å². The molecule has 0 saturated carbocycles. The van der Waals surface area contributed by atoms with Gasteiger partial charge in [0.05, 0.1) is 21.3 Å². The largest absolute Gasteiger partial charge is 0.352 e. The first kappa shape index (κ1) is 14.1. The zero-order valence-electron chi connectivity index (χ0n) is 9.66. The van der Waals surface area contributed by atoms with E-state index in [1.165, 1.54) is 0 Å². The molecule has 0 aromatic heterocycles. The van der Waals surface area contributed by atoms with Crippen molar-refractivity contribution in [2.24, 2.45) is 0 Å². The van der Waals surface area contributed by atoms with E-state index < -0.39 is 28.1 Å². The summed E-state index contributed by atoms with van der Waals surface area (Å²) in [6.07, 6.45) is 0. The van der Waals surface area contributed by atoms with E-state index in [0.717, 1.165) is 24.3 Å². The molecule has 0 saturated heterocycles. The minimum absolute atomic E-state index is 0.0692. The Morgan fingerprint density at radius 1 is 1.05 bits per heavy atom. The molecule has 0 radical (unpaired) electrons. The summed E-state index contributed by atoms with van der Waals surface area (Å²) in [6, 6.07) is 4.31. The second-order valence-electron chi connectivity index (χ2n) is 3.79. The molecule has 104 valence electrons. The van der Waals surface area contributed by atoms with E-state index in [0.29, 0.717) is 6.07 Å². The molecule has 0 aliphatic rings. The molecule has 0 spiro atoms. The van der Waals surface area contributed by atoms with Crippen LogP contribution in [0.1, 0.15) is 0 Å². The van der Waals surface area contributed by atoms with E-state index in [1.54, 1.807) is 0 Å². The first-order valence-corrected chi connectivity index (χ1v) is 5.62. The lowest BCUT2D eigenvalue weighted by atomic mass is 10.2. The molecule has 20 heavy (non-hydrogen) atoms. The van der Waals surface area contributed by atoms with Crippen molar-refractivity contribution < 1.29 is 18.1 Å². The van der Waals surface area contributed by atoms with Crippen molar-refractivity contribution in [3.8, 4) is 0 Å². The fraction of sp³-hybridized carbons (Fsp3) is 0. The third-order valence-corrected chi connectivity index (χ3v) is 2.75. The molecule has 1 N–H and O–H groups in total. The number of halogens is 4. The maximum Gasteiger partial charge on any atom is 0.306 e. The van der Waals surface area contributed by atoms with Crippen LogP contribution in [0.3, 0.4) is 0 Å². The number of hydrogen-bond donors (Lipinski definition) is 1. The van der Waals surface area contributed by atoms with Crippen LogP contribution >= 0.6 is 11.6 Å². The predicted molar refractivity (Wildman–Crippen MR) is 67.7 cm³/mol. The van der Waals surface area contributed by atoms with Crippen LogP contribution in [0.15, 0.2) is 30.3 Å². The van der Waals surface area contributed by atoms with Gasteiger partial charge >= 0.3 is 5.69 Å². The lowest BCUT2D eigenvalue weighted by Crippen LogP contribution is -1.98. The Labute approximate surface area is 115 Å². The first-order chi connectivity index (χ1) is 9.38. The third-order valence-electron chi connectivity index (χ3n) is 2.43. The van der Waals surface area contributed by atoms with Gasteiger partial charge in [0, 0.05) is 18.2 Å². The Bertz CT molecular complexity index is 695. The van der Waals surface area contributed by atoms with Gasteiger partial charge in [-0.15, -0.1) is 0 Å². The number of benzene rings is 2. The van der Waals surface area contributed by atoms with E-state index in [9.17, 15) is 23.3 Å². The molecule has 2 aromatic carbocycles. The molecule has 8 heteroatoms. The van der Waals surface area contributed by atoms with Crippen LogP contribution in [0, 0.1) is 27.6 Å². The molecule has 0 unspecified atom stereocenters. The fourth-order valence-corrected chi connectivity index (χ4v) is 1.71. The van der Waals surface area contributed by atoms with Gasteiger partial charge in [-0.2, -0.15) is 4.39 Å². The van der Waals surface area contributed by atoms with Crippen LogP contribution in [0.5, 0.6) is 0 Å². The third kappa shape index (κ3) is 2.83. The molecule has 2 rings (SSSR count). The maximum absolute atomic E-state index is 13.5. The number of hydrogen-bond acceptors (Lipinski definition) is 3. The van der Waals surface area contributed by atoms with Crippen LogP contribution in [-0.4, -0.2) is 4.92 Å². The SMILES string of the molecule is O=[N+]([O-])c1cc(Cl)c(Nc2ccc(F)cc2F)cc1F. The molecule has 0 bridgehead atoms. The van der Waals surface area contributed by atoms with E-state index in [1.807, 2.05) is 0 Å². The quantitative estimate of drug-likeness (QED) is 0.675. The number of nitrogens with zero attached hydrogens (tertiary/aromatic N) is 1. The minimum Gasteiger partial charge on any atom is -0.352 e. The lowest BCUT2D eigenvalue weighted by Gasteiger charge is -2.09. The molecule has 0 fully saturated rings. The van der Waals surface area contributed by atoms with Gasteiger partial charge in [-0.05, 0) is 12.1 Å². The van der Waals surface area contributed by atoms with E-state index in [-0.39, 0.29) is 16.4 Å². The summed E-state index contributed by atoms with van der Waals surface area (Å²) in [4.78, 5) is 9.59. The van der Waals surface area contributed by atoms with Crippen molar-refractivity contribution in [1.82, 2.24) is 0 Å². The Morgan fingerprint density at radius 3 is 2.35 bits per heavy atom. The van der Waals surface area contributed by atoms with E-state index in [4.69, 9.17) is 11.6 Å². The monoisotopic (exact) mass is 302 g/mol. The Balaban J connectivity index is 2.39. The van der Waals surface area contributed by atoms with Crippen molar-refractivity contribution in [2.75, 3.05) is 5.32 Å². The molecule has 0 amide bonds. The molecular weight excluding hydrogens is 297 g/mol. The van der Waals surface area contributed by atoms with Crippen molar-refractivity contribution in [3.63, 3.8) is 0 Å². The van der Waals surface area contributed by atoms with Crippen LogP contribution in [0.2, 0.25) is 5.02 Å². The molecule has 0 aliphatic carbocycles. The normalized spacial score (nSPS) is 10.4. The van der Waals surface area contributed by atoms with Crippen LogP contribution in [0.4, 0.5) is 30.2 Å². The van der Waals surface area contributed by atoms with Gasteiger partial charge in [-0.25, -0.2) is 8.78 Å². The number of nitro groups is 1. The average Bonchev–Trinajstić information content (AvgIpc) is 2.36. The molecule has 2 aromatic rings. The van der Waals surface area contributed by atoms with Crippen LogP contribution < -0.4 is 5.32 Å². The van der Waals surface area contributed by atoms with E-state index in [2.05, 4.69) is 5.32 Å². The van der Waals surface area contributed by atoms with Crippen molar-refractivity contribution in [3.05, 3.63) is 62.9 Å². The van der Waals surface area contributed by atoms with Gasteiger partial charge in [-0.1, -0.05) is 11.6 Å². The van der Waals surface area contributed by atoms with Crippen molar-refractivity contribution in [1.29, 1.82) is 0 Å². The zero-order valence-corrected chi connectivity index (χ0v) is 10.4. The number of rotatable bonds is 3. The summed E-state index contributed by atoms with van der Waals surface area (Å²) in [5.41, 5.74) is -0.998. The first-order valence-electron chi connectivity index (χ1n) is 5.24. The maximum atomic E-state index is 13.5. The second kappa shape index (κ2) is 5.38. The second-order valence-corrected chi connectivity index (χ2v) is 4.20. The Morgan fingerprint density at radius 2 is 1.75 bits per heavy atom. The Kier molecular flexibility index (Phi) is 3.80. The highest BCUT2D eigenvalue weighted by Gasteiger charge is 2.18. The van der Waals surface area contributed by atoms with Crippen molar-refractivity contribution in [2.45, 2.75) is 0 Å². The summed E-state index contributed by atoms with van der Waals surface area (Å²) in [6.45, 7) is 0. The highest BCUT2D eigenvalue weighted by atomic mass is 35.5. The lowest BCUT2D eigenvalue weighted by molar-refractivity contribution is -0.387. The highest BCUT2D eigenvalue weighted by Crippen LogP contribution is 2.32. The molecular formula is C12H6ClF3N2O2. The topological polar surface area (TPSA) is 55.2 Å². The number of nitro benzene ring substituents is 1. The molecule has 0 heterocycles. The van der Waals surface area contributed by atoms with Crippen molar-refractivity contribution >= 4 is 28.7 Å². The smallest absolute Gasteiger partial charge is 0.306 e. The summed E-state index contributed by atoms with van der Waals surface area (Å²) < 4.78 is 39.6. The fourth-order valence-electron chi connectivity index (χ4n) is 1.51. The minimum atomic E-state index is -1.12. The van der Waals surface area contributed by atoms with Gasteiger partial charge in [0.25, 0.3) is 0 Å². The molecule has 4 nitrogen and oxygen atoms in total. The molecule has 0 atom stereocenters. The van der Waals surface area contributed by atoms with Gasteiger partial charge in [-0.3, -0.25) is 10.1 Å². The van der Waals surface area contributed by atoms with E-state index >= 15 is 0 Å². The van der Waals surface area contributed by atoms with Crippen LogP contribution in [0.25, 0.3) is 0 Å². The zero-order chi connectivity index (χ0) is 14.9. The summed E-state index contributed by atoms with van der Waals surface area (Å²) in [7, 11) is 0. The Hall–Kier alpha value is -2.28. The number of nitrogens with one attached hydrogen (secondary N) is 1. The van der Waals surface area contributed by atoms with Gasteiger partial charge in [0.2, 0.25) is 5.82 Å². The van der Waals surface area contributed by atoms with Gasteiger partial charge in [0.15, 0.2) is 0 Å². The molecule has 0 aliphatic heterocycles. The van der Waals surface area contributed by atoms with Gasteiger partial charge < -0.3 is 5.32 Å². The summed E-state index contributed by atoms with van der Waals surface area (Å²) >= 11 is 5.75. The van der Waals surface area contributed by atoms with Crippen LogP contribution in [-0.2, 0) is 0 Å².